The molecule has 1 aromatic carbocycles. The first-order valence-corrected chi connectivity index (χ1v) is 8.76. The van der Waals surface area contributed by atoms with Gasteiger partial charge in [0.05, 0.1) is 12.2 Å². The lowest BCUT2D eigenvalue weighted by atomic mass is 10.0. The Bertz CT molecular complexity index is 723. The quantitative estimate of drug-likeness (QED) is 0.812. The normalized spacial score (nSPS) is 17.8. The zero-order chi connectivity index (χ0) is 18.0. The Morgan fingerprint density at radius 1 is 1.28 bits per heavy atom. The average molecular weight is 344 g/mol. The maximum atomic E-state index is 13.3. The van der Waals surface area contributed by atoms with Gasteiger partial charge in [-0.2, -0.15) is 5.10 Å². The molecule has 1 aromatic heterocycles. The standard InChI is InChI=1S/C19H25FN4O/c1-12-10-21-24(11-12)14(3)13(2)22-18(19(25)23-17-8-9-17)15-4-6-16(20)7-5-15/h4-7,10-11,13-14,17-18,22H,8-9H2,1-3H3,(H,23,25). The van der Waals surface area contributed by atoms with Gasteiger partial charge in [0.15, 0.2) is 0 Å². The third kappa shape index (κ3) is 4.45. The minimum atomic E-state index is -0.518. The molecule has 3 atom stereocenters. The van der Waals surface area contributed by atoms with E-state index in [0.717, 1.165) is 24.0 Å². The molecule has 2 N–H and O–H groups in total. The van der Waals surface area contributed by atoms with E-state index < -0.39 is 6.04 Å². The highest BCUT2D eigenvalue weighted by Gasteiger charge is 2.30. The fraction of sp³-hybridized carbons (Fsp3) is 0.474. The molecule has 1 aliphatic carbocycles. The highest BCUT2D eigenvalue weighted by atomic mass is 19.1. The van der Waals surface area contributed by atoms with Gasteiger partial charge in [-0.25, -0.2) is 4.39 Å². The minimum absolute atomic E-state index is 0.000642. The van der Waals surface area contributed by atoms with Crippen molar-refractivity contribution in [1.29, 1.82) is 0 Å². The third-order valence-corrected chi connectivity index (χ3v) is 4.69. The number of hydrogen-bond acceptors (Lipinski definition) is 3. The minimum Gasteiger partial charge on any atom is -0.352 e. The molecule has 0 spiro atoms. The zero-order valence-electron chi connectivity index (χ0n) is 14.9. The van der Waals surface area contributed by atoms with Crippen LogP contribution in [-0.4, -0.2) is 27.8 Å². The predicted octanol–water partition coefficient (Wildman–Crippen LogP) is 2.89. The first-order valence-electron chi connectivity index (χ1n) is 8.76. The van der Waals surface area contributed by atoms with E-state index in [4.69, 9.17) is 0 Å². The van der Waals surface area contributed by atoms with Gasteiger partial charge in [-0.15, -0.1) is 0 Å². The number of aryl methyl sites for hydroxylation is 1. The summed E-state index contributed by atoms with van der Waals surface area (Å²) in [7, 11) is 0. The number of carbonyl (C=O) groups is 1. The summed E-state index contributed by atoms with van der Waals surface area (Å²) in [4.78, 5) is 12.7. The number of benzene rings is 1. The van der Waals surface area contributed by atoms with Gasteiger partial charge in [-0.05, 0) is 56.9 Å². The molecule has 1 saturated carbocycles. The molecule has 3 unspecified atom stereocenters. The van der Waals surface area contributed by atoms with Crippen LogP contribution in [0.2, 0.25) is 0 Å². The van der Waals surface area contributed by atoms with Gasteiger partial charge in [0.1, 0.15) is 11.9 Å². The Labute approximate surface area is 147 Å². The molecule has 1 fully saturated rings. The van der Waals surface area contributed by atoms with E-state index in [9.17, 15) is 9.18 Å². The second-order valence-electron chi connectivity index (χ2n) is 6.96. The largest absolute Gasteiger partial charge is 0.352 e. The van der Waals surface area contributed by atoms with Crippen molar-refractivity contribution in [3.05, 3.63) is 53.6 Å². The van der Waals surface area contributed by atoms with Crippen LogP contribution in [0.4, 0.5) is 4.39 Å². The van der Waals surface area contributed by atoms with Crippen LogP contribution in [0.3, 0.4) is 0 Å². The monoisotopic (exact) mass is 344 g/mol. The number of carbonyl (C=O) groups excluding carboxylic acids is 1. The topological polar surface area (TPSA) is 59.0 Å². The fourth-order valence-corrected chi connectivity index (χ4v) is 2.78. The Balaban J connectivity index is 1.75. The van der Waals surface area contributed by atoms with Crippen LogP contribution in [0.5, 0.6) is 0 Å². The van der Waals surface area contributed by atoms with Gasteiger partial charge in [0.2, 0.25) is 5.91 Å². The van der Waals surface area contributed by atoms with E-state index >= 15 is 0 Å². The summed E-state index contributed by atoms with van der Waals surface area (Å²) in [5.74, 6) is -0.372. The van der Waals surface area contributed by atoms with E-state index in [1.165, 1.54) is 12.1 Å². The van der Waals surface area contributed by atoms with Crippen LogP contribution in [0, 0.1) is 12.7 Å². The lowest BCUT2D eigenvalue weighted by Crippen LogP contribution is -2.44. The molecule has 0 saturated heterocycles. The molecule has 6 heteroatoms. The number of amides is 1. The van der Waals surface area contributed by atoms with E-state index in [1.807, 2.05) is 30.9 Å². The number of rotatable bonds is 7. The van der Waals surface area contributed by atoms with Gasteiger partial charge in [0.25, 0.3) is 0 Å². The van der Waals surface area contributed by atoms with Gasteiger partial charge >= 0.3 is 0 Å². The lowest BCUT2D eigenvalue weighted by molar-refractivity contribution is -0.123. The maximum Gasteiger partial charge on any atom is 0.241 e. The zero-order valence-corrected chi connectivity index (χ0v) is 14.9. The number of hydrogen-bond donors (Lipinski definition) is 2. The van der Waals surface area contributed by atoms with Crippen LogP contribution in [0.1, 0.15) is 49.9 Å². The maximum absolute atomic E-state index is 13.3. The summed E-state index contributed by atoms with van der Waals surface area (Å²) >= 11 is 0. The van der Waals surface area contributed by atoms with Crippen LogP contribution < -0.4 is 10.6 Å². The van der Waals surface area contributed by atoms with E-state index in [2.05, 4.69) is 22.7 Å². The smallest absolute Gasteiger partial charge is 0.241 e. The molecular formula is C19H25FN4O. The molecule has 0 bridgehead atoms. The summed E-state index contributed by atoms with van der Waals surface area (Å²) < 4.78 is 15.1. The van der Waals surface area contributed by atoms with Crippen LogP contribution >= 0.6 is 0 Å². The highest BCUT2D eigenvalue weighted by Crippen LogP contribution is 2.23. The van der Waals surface area contributed by atoms with E-state index in [0.29, 0.717) is 0 Å². The van der Waals surface area contributed by atoms with Crippen molar-refractivity contribution in [2.24, 2.45) is 0 Å². The molecule has 0 radical (unpaired) electrons. The molecule has 3 rings (SSSR count). The van der Waals surface area contributed by atoms with Gasteiger partial charge in [-0.1, -0.05) is 12.1 Å². The Kier molecular flexibility index (Phi) is 5.18. The summed E-state index contributed by atoms with van der Waals surface area (Å²) in [6.07, 6.45) is 5.86. The number of nitrogens with zero attached hydrogens (tertiary/aromatic N) is 2. The number of aromatic nitrogens is 2. The van der Waals surface area contributed by atoms with Crippen molar-refractivity contribution in [1.82, 2.24) is 20.4 Å². The van der Waals surface area contributed by atoms with Crippen molar-refractivity contribution >= 4 is 5.91 Å². The number of halogens is 1. The SMILES string of the molecule is Cc1cnn(C(C)C(C)NC(C(=O)NC2CC2)c2ccc(F)cc2)c1. The highest BCUT2D eigenvalue weighted by molar-refractivity contribution is 5.83. The van der Waals surface area contributed by atoms with Crippen molar-refractivity contribution in [2.45, 2.75) is 57.8 Å². The molecule has 1 amide bonds. The van der Waals surface area contributed by atoms with E-state index in [-0.39, 0.29) is 29.8 Å². The summed E-state index contributed by atoms with van der Waals surface area (Å²) in [6.45, 7) is 6.09. The average Bonchev–Trinajstić information content (AvgIpc) is 3.30. The van der Waals surface area contributed by atoms with Crippen molar-refractivity contribution in [3.63, 3.8) is 0 Å². The predicted molar refractivity (Wildman–Crippen MR) is 94.6 cm³/mol. The molecule has 134 valence electrons. The molecular weight excluding hydrogens is 319 g/mol. The summed E-state index contributed by atoms with van der Waals surface area (Å²) in [5, 5.41) is 10.8. The molecule has 1 aliphatic rings. The molecule has 5 nitrogen and oxygen atoms in total. The van der Waals surface area contributed by atoms with Crippen LogP contribution in [0.15, 0.2) is 36.7 Å². The lowest BCUT2D eigenvalue weighted by Gasteiger charge is -2.27. The molecule has 0 aliphatic heterocycles. The van der Waals surface area contributed by atoms with Crippen molar-refractivity contribution in [2.75, 3.05) is 0 Å². The van der Waals surface area contributed by atoms with Crippen molar-refractivity contribution < 1.29 is 9.18 Å². The second-order valence-corrected chi connectivity index (χ2v) is 6.96. The Morgan fingerprint density at radius 2 is 1.96 bits per heavy atom. The van der Waals surface area contributed by atoms with Gasteiger partial charge < -0.3 is 5.32 Å². The van der Waals surface area contributed by atoms with Crippen molar-refractivity contribution in [3.8, 4) is 0 Å². The molecule has 1 heterocycles. The summed E-state index contributed by atoms with van der Waals surface area (Å²) in [6, 6.07) is 5.93. The first kappa shape index (κ1) is 17.6. The number of nitrogens with one attached hydrogen (secondary N) is 2. The van der Waals surface area contributed by atoms with Gasteiger partial charge in [0, 0.05) is 18.3 Å². The van der Waals surface area contributed by atoms with Crippen LogP contribution in [-0.2, 0) is 4.79 Å². The first-order chi connectivity index (χ1) is 11.9. The van der Waals surface area contributed by atoms with Crippen LogP contribution in [0.25, 0.3) is 0 Å². The second kappa shape index (κ2) is 7.35. The van der Waals surface area contributed by atoms with E-state index in [1.54, 1.807) is 12.1 Å². The molecule has 25 heavy (non-hydrogen) atoms. The fourth-order valence-electron chi connectivity index (χ4n) is 2.78. The molecule has 2 aromatic rings. The van der Waals surface area contributed by atoms with Gasteiger partial charge in [-0.3, -0.25) is 14.8 Å². The Morgan fingerprint density at radius 3 is 2.52 bits per heavy atom. The Hall–Kier alpha value is -2.21. The summed E-state index contributed by atoms with van der Waals surface area (Å²) in [5.41, 5.74) is 1.86. The third-order valence-electron chi connectivity index (χ3n) is 4.69.